The molecule has 0 unspecified atom stereocenters. The highest BCUT2D eigenvalue weighted by Gasteiger charge is 2.01. The second-order valence-electron chi connectivity index (χ2n) is 4.60. The summed E-state index contributed by atoms with van der Waals surface area (Å²) in [6.07, 6.45) is 2.30. The number of nitrogens with zero attached hydrogens (tertiary/aromatic N) is 2. The van der Waals surface area contributed by atoms with Crippen LogP contribution in [0, 0.1) is 18.3 Å². The highest BCUT2D eigenvalue weighted by molar-refractivity contribution is 5.58. The minimum Gasteiger partial charge on any atom is -0.384 e. The van der Waals surface area contributed by atoms with Crippen LogP contribution in [0.4, 0.5) is 5.69 Å². The molecule has 0 heterocycles. The van der Waals surface area contributed by atoms with Crippen molar-refractivity contribution in [3.8, 4) is 6.07 Å². The average molecular weight is 231 g/mol. The summed E-state index contributed by atoms with van der Waals surface area (Å²) in [5.74, 6) is 0. The normalized spacial score (nSPS) is 10.3. The van der Waals surface area contributed by atoms with Gasteiger partial charge in [-0.3, -0.25) is 0 Å². The van der Waals surface area contributed by atoms with E-state index in [0.717, 1.165) is 30.8 Å². The maximum atomic E-state index is 8.99. The lowest BCUT2D eigenvalue weighted by Crippen LogP contribution is -2.14. The Balaban J connectivity index is 2.41. The van der Waals surface area contributed by atoms with Gasteiger partial charge in [0.05, 0.1) is 11.3 Å². The lowest BCUT2D eigenvalue weighted by Gasteiger charge is -2.11. The van der Waals surface area contributed by atoms with Crippen LogP contribution < -0.4 is 5.32 Å². The van der Waals surface area contributed by atoms with E-state index in [4.69, 9.17) is 5.26 Å². The Morgan fingerprint density at radius 1 is 1.29 bits per heavy atom. The molecule has 0 aromatic heterocycles. The van der Waals surface area contributed by atoms with Crippen LogP contribution in [-0.4, -0.2) is 32.1 Å². The molecule has 0 atom stereocenters. The highest BCUT2D eigenvalue weighted by Crippen LogP contribution is 2.16. The van der Waals surface area contributed by atoms with Gasteiger partial charge in [0.15, 0.2) is 0 Å². The highest BCUT2D eigenvalue weighted by atomic mass is 15.0. The van der Waals surface area contributed by atoms with Gasteiger partial charge in [-0.2, -0.15) is 5.26 Å². The molecule has 0 aliphatic heterocycles. The number of nitriles is 1. The molecule has 1 rings (SSSR count). The molecule has 1 aromatic carbocycles. The number of hydrogen-bond donors (Lipinski definition) is 1. The molecule has 0 bridgehead atoms. The van der Waals surface area contributed by atoms with Gasteiger partial charge in [-0.05, 0) is 58.1 Å². The number of aryl methyl sites for hydroxylation is 1. The van der Waals surface area contributed by atoms with Crippen molar-refractivity contribution in [1.82, 2.24) is 4.90 Å². The molecular weight excluding hydrogens is 210 g/mol. The van der Waals surface area contributed by atoms with Gasteiger partial charge in [0.25, 0.3) is 0 Å². The Morgan fingerprint density at radius 3 is 2.71 bits per heavy atom. The van der Waals surface area contributed by atoms with E-state index >= 15 is 0 Å². The second kappa shape index (κ2) is 6.93. The van der Waals surface area contributed by atoms with E-state index in [1.807, 2.05) is 25.1 Å². The third-order valence-electron chi connectivity index (χ3n) is 2.64. The molecule has 3 heteroatoms. The average Bonchev–Trinajstić information content (AvgIpc) is 2.28. The van der Waals surface area contributed by atoms with Gasteiger partial charge in [0.2, 0.25) is 0 Å². The van der Waals surface area contributed by atoms with Crippen molar-refractivity contribution in [3.63, 3.8) is 0 Å². The molecule has 0 aliphatic rings. The van der Waals surface area contributed by atoms with Crippen molar-refractivity contribution in [1.29, 1.82) is 5.26 Å². The summed E-state index contributed by atoms with van der Waals surface area (Å²) < 4.78 is 0. The second-order valence-corrected chi connectivity index (χ2v) is 4.60. The van der Waals surface area contributed by atoms with Crippen LogP contribution >= 0.6 is 0 Å². The molecular formula is C14H21N3. The van der Waals surface area contributed by atoms with Crippen LogP contribution in [0.2, 0.25) is 0 Å². The Hall–Kier alpha value is -1.53. The predicted molar refractivity (Wildman–Crippen MR) is 72.2 cm³/mol. The zero-order chi connectivity index (χ0) is 12.7. The molecule has 17 heavy (non-hydrogen) atoms. The molecule has 0 amide bonds. The first-order valence-corrected chi connectivity index (χ1v) is 6.03. The van der Waals surface area contributed by atoms with Crippen molar-refractivity contribution in [3.05, 3.63) is 29.3 Å². The predicted octanol–water partition coefficient (Wildman–Crippen LogP) is 2.62. The van der Waals surface area contributed by atoms with Crippen molar-refractivity contribution in [2.75, 3.05) is 32.5 Å². The summed E-state index contributed by atoms with van der Waals surface area (Å²) >= 11 is 0. The van der Waals surface area contributed by atoms with Crippen molar-refractivity contribution in [2.45, 2.75) is 19.8 Å². The van der Waals surface area contributed by atoms with E-state index in [2.05, 4.69) is 30.4 Å². The van der Waals surface area contributed by atoms with Gasteiger partial charge in [-0.15, -0.1) is 0 Å². The molecule has 0 saturated carbocycles. The molecule has 3 nitrogen and oxygen atoms in total. The number of benzene rings is 1. The summed E-state index contributed by atoms with van der Waals surface area (Å²) in [7, 11) is 4.17. The first-order chi connectivity index (χ1) is 8.13. The zero-order valence-electron chi connectivity index (χ0n) is 11.0. The number of hydrogen-bond acceptors (Lipinski definition) is 3. The first kappa shape index (κ1) is 13.5. The Kier molecular flexibility index (Phi) is 5.51. The molecule has 1 aromatic rings. The minimum absolute atomic E-state index is 0.725. The van der Waals surface area contributed by atoms with Crippen molar-refractivity contribution in [2.24, 2.45) is 0 Å². The van der Waals surface area contributed by atoms with Crippen LogP contribution in [0.5, 0.6) is 0 Å². The van der Waals surface area contributed by atoms with Gasteiger partial charge in [-0.1, -0.05) is 6.07 Å². The fourth-order valence-corrected chi connectivity index (χ4v) is 1.68. The molecule has 0 aliphatic carbocycles. The Bertz CT molecular complexity index is 391. The Morgan fingerprint density at radius 2 is 2.06 bits per heavy atom. The summed E-state index contributed by atoms with van der Waals surface area (Å²) in [6.45, 7) is 4.07. The summed E-state index contributed by atoms with van der Waals surface area (Å²) in [4.78, 5) is 2.19. The summed E-state index contributed by atoms with van der Waals surface area (Å²) in [6, 6.07) is 8.08. The number of rotatable bonds is 6. The third-order valence-corrected chi connectivity index (χ3v) is 2.64. The van der Waals surface area contributed by atoms with E-state index in [-0.39, 0.29) is 0 Å². The third kappa shape index (κ3) is 4.88. The number of unbranched alkanes of at least 4 members (excludes halogenated alkanes) is 1. The lowest BCUT2D eigenvalue weighted by atomic mass is 10.1. The van der Waals surface area contributed by atoms with Gasteiger partial charge in [0, 0.05) is 6.54 Å². The van der Waals surface area contributed by atoms with Gasteiger partial charge in [0.1, 0.15) is 6.07 Å². The quantitative estimate of drug-likeness (QED) is 0.765. The fourth-order valence-electron chi connectivity index (χ4n) is 1.68. The largest absolute Gasteiger partial charge is 0.384 e. The minimum atomic E-state index is 0.725. The molecule has 92 valence electrons. The molecule has 0 radical (unpaired) electrons. The number of nitrogens with one attached hydrogen (secondary N) is 1. The van der Waals surface area contributed by atoms with Gasteiger partial charge in [-0.25, -0.2) is 0 Å². The molecule has 0 spiro atoms. The van der Waals surface area contributed by atoms with E-state index in [1.165, 1.54) is 12.0 Å². The van der Waals surface area contributed by atoms with Crippen LogP contribution in [-0.2, 0) is 0 Å². The SMILES string of the molecule is Cc1ccc(C#N)c(NCCCCN(C)C)c1. The monoisotopic (exact) mass is 231 g/mol. The summed E-state index contributed by atoms with van der Waals surface area (Å²) in [5, 5.41) is 12.3. The lowest BCUT2D eigenvalue weighted by molar-refractivity contribution is 0.396. The van der Waals surface area contributed by atoms with Crippen LogP contribution in [0.1, 0.15) is 24.0 Å². The maximum absolute atomic E-state index is 8.99. The van der Waals surface area contributed by atoms with Crippen molar-refractivity contribution < 1.29 is 0 Å². The Labute approximate surface area is 104 Å². The van der Waals surface area contributed by atoms with E-state index < -0.39 is 0 Å². The summed E-state index contributed by atoms with van der Waals surface area (Å²) in [5.41, 5.74) is 2.86. The van der Waals surface area contributed by atoms with Crippen LogP contribution in [0.25, 0.3) is 0 Å². The van der Waals surface area contributed by atoms with Crippen LogP contribution in [0.15, 0.2) is 18.2 Å². The van der Waals surface area contributed by atoms with E-state index in [0.29, 0.717) is 0 Å². The molecule has 0 saturated heterocycles. The van der Waals surface area contributed by atoms with Crippen LogP contribution in [0.3, 0.4) is 0 Å². The smallest absolute Gasteiger partial charge is 0.101 e. The standard InChI is InChI=1S/C14H21N3/c1-12-6-7-13(11-15)14(10-12)16-8-4-5-9-17(2)3/h6-7,10,16H,4-5,8-9H2,1-3H3. The van der Waals surface area contributed by atoms with Gasteiger partial charge >= 0.3 is 0 Å². The zero-order valence-corrected chi connectivity index (χ0v) is 11.0. The molecule has 0 fully saturated rings. The van der Waals surface area contributed by atoms with E-state index in [1.54, 1.807) is 0 Å². The van der Waals surface area contributed by atoms with E-state index in [9.17, 15) is 0 Å². The van der Waals surface area contributed by atoms with Gasteiger partial charge < -0.3 is 10.2 Å². The fraction of sp³-hybridized carbons (Fsp3) is 0.500. The molecule has 1 N–H and O–H groups in total. The number of anilines is 1. The maximum Gasteiger partial charge on any atom is 0.101 e. The topological polar surface area (TPSA) is 39.1 Å². The first-order valence-electron chi connectivity index (χ1n) is 6.03. The van der Waals surface area contributed by atoms with Crippen molar-refractivity contribution >= 4 is 5.69 Å².